The Bertz CT molecular complexity index is 184. The average Bonchev–Trinajstić information content (AvgIpc) is 2.04. The van der Waals surface area contributed by atoms with Gasteiger partial charge in [-0.1, -0.05) is 0 Å². The molecule has 0 spiro atoms. The first-order valence-corrected chi connectivity index (χ1v) is 5.48. The first-order valence-electron chi connectivity index (χ1n) is 4.09. The minimum atomic E-state index is -1.00. The van der Waals surface area contributed by atoms with Gasteiger partial charge in [-0.25, -0.2) is 0 Å². The van der Waals surface area contributed by atoms with E-state index < -0.39 is 12.0 Å². The molecule has 0 aromatic heterocycles. The van der Waals surface area contributed by atoms with Crippen molar-refractivity contribution in [2.24, 2.45) is 0 Å². The number of aliphatic carboxylic acids is 1. The van der Waals surface area contributed by atoms with Gasteiger partial charge in [-0.15, -0.1) is 0 Å². The van der Waals surface area contributed by atoms with Gasteiger partial charge in [-0.05, 0) is 25.4 Å². The zero-order chi connectivity index (χ0) is 10.3. The van der Waals surface area contributed by atoms with Crippen LogP contribution in [0.2, 0.25) is 0 Å². The zero-order valence-corrected chi connectivity index (χ0v) is 8.69. The Hall–Kier alpha value is -0.710. The lowest BCUT2D eigenvalue weighted by Crippen LogP contribution is -2.38. The number of carboxylic acids is 1. The van der Waals surface area contributed by atoms with Crippen LogP contribution in [0.25, 0.3) is 0 Å². The Labute approximate surface area is 82.1 Å². The molecular formula is C8H15NO3S. The van der Waals surface area contributed by atoms with E-state index in [0.29, 0.717) is 6.42 Å². The topological polar surface area (TPSA) is 66.4 Å². The molecule has 1 amide bonds. The predicted octanol–water partition coefficient (Wildman–Crippen LogP) is 0.719. The number of carbonyl (C=O) groups is 2. The Morgan fingerprint density at radius 1 is 1.54 bits per heavy atom. The number of hydrogen-bond donors (Lipinski definition) is 2. The summed E-state index contributed by atoms with van der Waals surface area (Å²) in [5, 5.41) is 10.9. The van der Waals surface area contributed by atoms with Crippen molar-refractivity contribution in [2.75, 3.05) is 12.0 Å². The summed E-state index contributed by atoms with van der Waals surface area (Å²) in [6, 6.07) is -0.790. The van der Waals surface area contributed by atoms with Crippen LogP contribution in [-0.4, -0.2) is 35.0 Å². The van der Waals surface area contributed by atoms with E-state index in [-0.39, 0.29) is 5.91 Å². The summed E-state index contributed by atoms with van der Waals surface area (Å²) in [7, 11) is 0. The highest BCUT2D eigenvalue weighted by atomic mass is 32.2. The van der Waals surface area contributed by atoms with E-state index in [2.05, 4.69) is 5.32 Å². The predicted molar refractivity (Wildman–Crippen MR) is 52.9 cm³/mol. The fourth-order valence-electron chi connectivity index (χ4n) is 0.752. The highest BCUT2D eigenvalue weighted by Crippen LogP contribution is 1.99. The number of carboxylic acid groups (broad SMARTS) is 1. The van der Waals surface area contributed by atoms with Crippen molar-refractivity contribution < 1.29 is 14.7 Å². The van der Waals surface area contributed by atoms with Crippen LogP contribution in [0.4, 0.5) is 0 Å². The summed E-state index contributed by atoms with van der Waals surface area (Å²) < 4.78 is 0. The van der Waals surface area contributed by atoms with E-state index in [1.54, 1.807) is 11.8 Å². The fourth-order valence-corrected chi connectivity index (χ4v) is 1.19. The molecule has 5 heteroatoms. The third-order valence-corrected chi connectivity index (χ3v) is 2.20. The lowest BCUT2D eigenvalue weighted by molar-refractivity contribution is -0.141. The van der Waals surface area contributed by atoms with Gasteiger partial charge in [-0.2, -0.15) is 11.8 Å². The number of carbonyl (C=O) groups excluding carboxylic acids is 1. The molecule has 0 heterocycles. The largest absolute Gasteiger partial charge is 0.480 e. The van der Waals surface area contributed by atoms with E-state index in [1.807, 2.05) is 6.26 Å². The van der Waals surface area contributed by atoms with Gasteiger partial charge in [-0.3, -0.25) is 9.59 Å². The standard InChI is InChI=1S/C8H15NO3S/c1-6(8(11)12)9-7(10)4-3-5-13-2/h6H,3-5H2,1-2H3,(H,9,10)(H,11,12)/t6-/m1/s1. The van der Waals surface area contributed by atoms with Crippen LogP contribution in [-0.2, 0) is 9.59 Å². The Kier molecular flexibility index (Phi) is 6.40. The number of amides is 1. The maximum absolute atomic E-state index is 11.0. The van der Waals surface area contributed by atoms with Crippen molar-refractivity contribution in [2.45, 2.75) is 25.8 Å². The molecule has 0 radical (unpaired) electrons. The molecule has 0 aromatic carbocycles. The van der Waals surface area contributed by atoms with Gasteiger partial charge in [0, 0.05) is 6.42 Å². The number of hydrogen-bond acceptors (Lipinski definition) is 3. The first-order chi connectivity index (χ1) is 6.07. The Balaban J connectivity index is 3.56. The minimum Gasteiger partial charge on any atom is -0.480 e. The third kappa shape index (κ3) is 6.45. The van der Waals surface area contributed by atoms with Gasteiger partial charge in [0.25, 0.3) is 0 Å². The highest BCUT2D eigenvalue weighted by Gasteiger charge is 2.12. The molecule has 1 atom stereocenters. The van der Waals surface area contributed by atoms with E-state index in [0.717, 1.165) is 12.2 Å². The van der Waals surface area contributed by atoms with Crippen LogP contribution in [0.15, 0.2) is 0 Å². The second-order valence-electron chi connectivity index (χ2n) is 2.72. The maximum Gasteiger partial charge on any atom is 0.325 e. The summed E-state index contributed by atoms with van der Waals surface area (Å²) in [6.45, 7) is 1.45. The lowest BCUT2D eigenvalue weighted by Gasteiger charge is -2.08. The van der Waals surface area contributed by atoms with Crippen molar-refractivity contribution in [1.82, 2.24) is 5.32 Å². The summed E-state index contributed by atoms with van der Waals surface area (Å²) in [4.78, 5) is 21.4. The summed E-state index contributed by atoms with van der Waals surface area (Å²) in [6.07, 6.45) is 3.16. The molecule has 0 unspecified atom stereocenters. The molecule has 2 N–H and O–H groups in total. The molecule has 76 valence electrons. The summed E-state index contributed by atoms with van der Waals surface area (Å²) in [5.41, 5.74) is 0. The molecule has 4 nitrogen and oxygen atoms in total. The van der Waals surface area contributed by atoms with Gasteiger partial charge >= 0.3 is 5.97 Å². The van der Waals surface area contributed by atoms with Gasteiger partial charge < -0.3 is 10.4 Å². The van der Waals surface area contributed by atoms with Crippen LogP contribution in [0.1, 0.15) is 19.8 Å². The third-order valence-electron chi connectivity index (χ3n) is 1.50. The molecular weight excluding hydrogens is 190 g/mol. The summed E-state index contributed by atoms with van der Waals surface area (Å²) in [5.74, 6) is -0.267. The van der Waals surface area contributed by atoms with Crippen molar-refractivity contribution in [3.05, 3.63) is 0 Å². The molecule has 0 aliphatic carbocycles. The molecule has 0 saturated carbocycles. The molecule has 13 heavy (non-hydrogen) atoms. The smallest absolute Gasteiger partial charge is 0.325 e. The van der Waals surface area contributed by atoms with Gasteiger partial charge in [0.15, 0.2) is 0 Å². The van der Waals surface area contributed by atoms with Crippen molar-refractivity contribution in [3.8, 4) is 0 Å². The molecule has 0 saturated heterocycles. The number of rotatable bonds is 6. The maximum atomic E-state index is 11.0. The van der Waals surface area contributed by atoms with Gasteiger partial charge in [0.1, 0.15) is 6.04 Å². The molecule has 0 bridgehead atoms. The number of nitrogens with one attached hydrogen (secondary N) is 1. The Morgan fingerprint density at radius 2 is 2.15 bits per heavy atom. The number of thioether (sulfide) groups is 1. The first kappa shape index (κ1) is 12.3. The van der Waals surface area contributed by atoms with Crippen molar-refractivity contribution in [3.63, 3.8) is 0 Å². The highest BCUT2D eigenvalue weighted by molar-refractivity contribution is 7.98. The second-order valence-corrected chi connectivity index (χ2v) is 3.71. The van der Waals surface area contributed by atoms with E-state index in [1.165, 1.54) is 6.92 Å². The van der Waals surface area contributed by atoms with Crippen LogP contribution in [0.5, 0.6) is 0 Å². The van der Waals surface area contributed by atoms with Gasteiger partial charge in [0.05, 0.1) is 0 Å². The van der Waals surface area contributed by atoms with Gasteiger partial charge in [0.2, 0.25) is 5.91 Å². The SMILES string of the molecule is CSCCCC(=O)N[C@H](C)C(=O)O. The molecule has 0 fully saturated rings. The normalized spacial score (nSPS) is 12.2. The zero-order valence-electron chi connectivity index (χ0n) is 7.87. The van der Waals surface area contributed by atoms with E-state index in [4.69, 9.17) is 5.11 Å². The van der Waals surface area contributed by atoms with Crippen LogP contribution in [0.3, 0.4) is 0 Å². The second kappa shape index (κ2) is 6.77. The van der Waals surface area contributed by atoms with Crippen LogP contribution < -0.4 is 5.32 Å². The molecule has 0 aromatic rings. The fraction of sp³-hybridized carbons (Fsp3) is 0.750. The summed E-state index contributed by atoms with van der Waals surface area (Å²) >= 11 is 1.67. The molecule has 0 aliphatic rings. The minimum absolute atomic E-state index is 0.191. The van der Waals surface area contributed by atoms with E-state index in [9.17, 15) is 9.59 Å². The Morgan fingerprint density at radius 3 is 2.62 bits per heavy atom. The molecule has 0 rings (SSSR count). The van der Waals surface area contributed by atoms with Crippen molar-refractivity contribution in [1.29, 1.82) is 0 Å². The monoisotopic (exact) mass is 205 g/mol. The van der Waals surface area contributed by atoms with Crippen molar-refractivity contribution >= 4 is 23.6 Å². The quantitative estimate of drug-likeness (QED) is 0.627. The average molecular weight is 205 g/mol. The lowest BCUT2D eigenvalue weighted by atomic mass is 10.3. The van der Waals surface area contributed by atoms with Crippen LogP contribution in [0, 0.1) is 0 Å². The van der Waals surface area contributed by atoms with E-state index >= 15 is 0 Å². The van der Waals surface area contributed by atoms with Crippen LogP contribution >= 0.6 is 11.8 Å². The molecule has 0 aliphatic heterocycles.